The highest BCUT2D eigenvalue weighted by molar-refractivity contribution is 6.31. The van der Waals surface area contributed by atoms with E-state index in [1.54, 1.807) is 6.07 Å². The second kappa shape index (κ2) is 9.49. The Balaban J connectivity index is 1.07. The van der Waals surface area contributed by atoms with Gasteiger partial charge in [0.25, 0.3) is 5.91 Å². The molecule has 3 saturated carbocycles. The Kier molecular flexibility index (Phi) is 6.59. The molecular weight excluding hydrogens is 487 g/mol. The molecule has 1 amide bonds. The molecule has 3 N–H and O–H groups in total. The molecule has 2 aromatic carbocycles. The fraction of sp³-hybridized carbons (Fsp3) is 0.458. The van der Waals surface area contributed by atoms with Gasteiger partial charge < -0.3 is 14.8 Å². The number of benzene rings is 2. The molecule has 1 heterocycles. The highest BCUT2D eigenvalue weighted by atomic mass is 35.5. The van der Waals surface area contributed by atoms with Crippen molar-refractivity contribution < 1.29 is 23.0 Å². The fourth-order valence-electron chi connectivity index (χ4n) is 5.41. The third-order valence-corrected chi connectivity index (χ3v) is 7.59. The van der Waals surface area contributed by atoms with Gasteiger partial charge in [-0.15, -0.1) is 0 Å². The number of rotatable bonds is 8. The molecule has 4 fully saturated rings. The van der Waals surface area contributed by atoms with Gasteiger partial charge in [-0.05, 0) is 55.4 Å². The van der Waals surface area contributed by atoms with Crippen LogP contribution in [0, 0.1) is 23.5 Å². The van der Waals surface area contributed by atoms with Crippen molar-refractivity contribution in [3.05, 3.63) is 58.1 Å². The SMILES string of the molecule is O=C(COc1ccc(Cl)c(F)c1)NC12CC(C1)[C@@H](C1NCC(COc3ccc(Cl)c(F)c3)N1)C2. The van der Waals surface area contributed by atoms with E-state index in [-0.39, 0.29) is 46.1 Å². The van der Waals surface area contributed by atoms with Gasteiger partial charge in [0.15, 0.2) is 6.61 Å². The summed E-state index contributed by atoms with van der Waals surface area (Å²) in [5, 5.41) is 10.3. The molecule has 4 aliphatic rings. The second-order valence-electron chi connectivity index (χ2n) is 9.37. The number of carbonyl (C=O) groups is 1. The maximum atomic E-state index is 13.6. The van der Waals surface area contributed by atoms with E-state index in [4.69, 9.17) is 32.7 Å². The molecule has 0 radical (unpaired) electrons. The van der Waals surface area contributed by atoms with Crippen molar-refractivity contribution in [1.82, 2.24) is 16.0 Å². The molecule has 6 rings (SSSR count). The van der Waals surface area contributed by atoms with Crippen molar-refractivity contribution in [2.45, 2.75) is 37.0 Å². The lowest BCUT2D eigenvalue weighted by Gasteiger charge is -2.39. The first kappa shape index (κ1) is 23.6. The zero-order valence-corrected chi connectivity index (χ0v) is 19.8. The number of halogens is 4. The Labute approximate surface area is 206 Å². The molecule has 0 spiro atoms. The van der Waals surface area contributed by atoms with Crippen molar-refractivity contribution in [3.63, 3.8) is 0 Å². The number of hydrogen-bond acceptors (Lipinski definition) is 5. The summed E-state index contributed by atoms with van der Waals surface area (Å²) >= 11 is 11.4. The van der Waals surface area contributed by atoms with Crippen LogP contribution in [0.25, 0.3) is 0 Å². The van der Waals surface area contributed by atoms with Gasteiger partial charge in [0.2, 0.25) is 0 Å². The molecule has 3 aliphatic carbocycles. The zero-order valence-electron chi connectivity index (χ0n) is 18.3. The van der Waals surface area contributed by atoms with Crippen molar-refractivity contribution in [2.24, 2.45) is 11.8 Å². The number of carbonyl (C=O) groups excluding carboxylic acids is 1. The lowest BCUT2D eigenvalue weighted by molar-refractivity contribution is -0.125. The van der Waals surface area contributed by atoms with E-state index in [1.165, 1.54) is 30.3 Å². The van der Waals surface area contributed by atoms with Crippen LogP contribution < -0.4 is 25.4 Å². The van der Waals surface area contributed by atoms with Crippen LogP contribution >= 0.6 is 23.2 Å². The predicted octanol–water partition coefficient (Wildman–Crippen LogP) is 3.90. The van der Waals surface area contributed by atoms with Crippen LogP contribution in [0.5, 0.6) is 11.5 Å². The summed E-state index contributed by atoms with van der Waals surface area (Å²) in [6.45, 7) is 0.976. The topological polar surface area (TPSA) is 71.6 Å². The maximum absolute atomic E-state index is 13.6. The first-order valence-electron chi connectivity index (χ1n) is 11.3. The van der Waals surface area contributed by atoms with E-state index in [9.17, 15) is 13.6 Å². The van der Waals surface area contributed by atoms with Gasteiger partial charge in [0.05, 0.1) is 22.3 Å². The number of hydrogen-bond donors (Lipinski definition) is 3. The summed E-state index contributed by atoms with van der Waals surface area (Å²) in [4.78, 5) is 12.5. The minimum Gasteiger partial charge on any atom is -0.492 e. The standard InChI is InChI=1S/C24H25Cl2F2N3O3/c25-18-3-1-15(5-20(18)27)33-11-14-10-29-23(30-14)17-9-24(7-13(17)8-24)31-22(32)12-34-16-2-4-19(26)21(28)6-16/h1-6,13-14,17,23,29-30H,7-12H2,(H,31,32)/t13?,14?,17-,23?,24?/m0/s1. The molecule has 1 saturated heterocycles. The third kappa shape index (κ3) is 4.96. The van der Waals surface area contributed by atoms with Gasteiger partial charge in [-0.25, -0.2) is 8.78 Å². The van der Waals surface area contributed by atoms with Crippen LogP contribution in [-0.2, 0) is 4.79 Å². The zero-order chi connectivity index (χ0) is 23.9. The lowest BCUT2D eigenvalue weighted by atomic mass is 9.76. The average Bonchev–Trinajstić information content (AvgIpc) is 3.48. The summed E-state index contributed by atoms with van der Waals surface area (Å²) in [5.41, 5.74) is -0.209. The maximum Gasteiger partial charge on any atom is 0.258 e. The highest BCUT2D eigenvalue weighted by Crippen LogP contribution is 2.56. The normalized spacial score (nSPS) is 29.5. The first-order valence-corrected chi connectivity index (χ1v) is 12.0. The van der Waals surface area contributed by atoms with Gasteiger partial charge in [0.1, 0.15) is 29.7 Å². The van der Waals surface area contributed by atoms with E-state index in [1.807, 2.05) is 0 Å². The summed E-state index contributed by atoms with van der Waals surface area (Å²) in [7, 11) is 0. The van der Waals surface area contributed by atoms with E-state index >= 15 is 0 Å². The van der Waals surface area contributed by atoms with E-state index in [0.29, 0.717) is 24.2 Å². The molecule has 1 aliphatic heterocycles. The van der Waals surface area contributed by atoms with Gasteiger partial charge in [0, 0.05) is 24.2 Å². The number of nitrogens with one attached hydrogen (secondary N) is 3. The Morgan fingerprint density at radius 2 is 1.68 bits per heavy atom. The van der Waals surface area contributed by atoms with Crippen molar-refractivity contribution in [1.29, 1.82) is 0 Å². The summed E-state index contributed by atoms with van der Waals surface area (Å²) in [5.74, 6) is 0.326. The van der Waals surface area contributed by atoms with Gasteiger partial charge in [-0.3, -0.25) is 15.4 Å². The van der Waals surface area contributed by atoms with Crippen molar-refractivity contribution in [2.75, 3.05) is 19.8 Å². The molecule has 3 atom stereocenters. The van der Waals surface area contributed by atoms with Gasteiger partial charge in [-0.2, -0.15) is 0 Å². The summed E-state index contributed by atoms with van der Waals surface area (Å²) in [6.07, 6.45) is 2.88. The quantitative estimate of drug-likeness (QED) is 0.501. The number of fused-ring (bicyclic) bond motifs is 1. The first-order chi connectivity index (χ1) is 16.3. The van der Waals surface area contributed by atoms with Crippen LogP contribution in [0.15, 0.2) is 36.4 Å². The van der Waals surface area contributed by atoms with Crippen molar-refractivity contribution >= 4 is 29.1 Å². The molecule has 2 bridgehead atoms. The largest absolute Gasteiger partial charge is 0.492 e. The molecular formula is C24H25Cl2F2N3O3. The average molecular weight is 512 g/mol. The molecule has 0 aromatic heterocycles. The Hall–Kier alpha value is -2.13. The highest BCUT2D eigenvalue weighted by Gasteiger charge is 2.59. The number of amides is 1. The molecule has 10 heteroatoms. The molecule has 182 valence electrons. The van der Waals surface area contributed by atoms with Crippen LogP contribution in [0.3, 0.4) is 0 Å². The molecule has 2 aromatic rings. The van der Waals surface area contributed by atoms with Gasteiger partial charge >= 0.3 is 0 Å². The van der Waals surface area contributed by atoms with Crippen LogP contribution in [-0.4, -0.2) is 43.4 Å². The van der Waals surface area contributed by atoms with E-state index in [2.05, 4.69) is 16.0 Å². The molecule has 2 unspecified atom stereocenters. The van der Waals surface area contributed by atoms with Crippen LogP contribution in [0.4, 0.5) is 8.78 Å². The Bertz CT molecular complexity index is 1080. The lowest BCUT2D eigenvalue weighted by Crippen LogP contribution is -2.53. The van der Waals surface area contributed by atoms with E-state index < -0.39 is 11.6 Å². The third-order valence-electron chi connectivity index (χ3n) is 6.97. The molecule has 34 heavy (non-hydrogen) atoms. The summed E-state index contributed by atoms with van der Waals surface area (Å²) < 4.78 is 38.3. The van der Waals surface area contributed by atoms with Gasteiger partial charge in [-0.1, -0.05) is 23.2 Å². The summed E-state index contributed by atoms with van der Waals surface area (Å²) in [6, 6.07) is 8.61. The fourth-order valence-corrected chi connectivity index (χ4v) is 5.64. The minimum absolute atomic E-state index is 0.00927. The van der Waals surface area contributed by atoms with Crippen LogP contribution in [0.2, 0.25) is 10.0 Å². The predicted molar refractivity (Wildman–Crippen MR) is 124 cm³/mol. The van der Waals surface area contributed by atoms with E-state index in [0.717, 1.165) is 25.8 Å². The molecule has 6 nitrogen and oxygen atoms in total. The van der Waals surface area contributed by atoms with Crippen molar-refractivity contribution in [3.8, 4) is 11.5 Å². The van der Waals surface area contributed by atoms with Crippen LogP contribution in [0.1, 0.15) is 19.3 Å². The minimum atomic E-state index is -0.584. The Morgan fingerprint density at radius 1 is 1.03 bits per heavy atom. The second-order valence-corrected chi connectivity index (χ2v) is 10.2. The number of ether oxygens (including phenoxy) is 2. The Morgan fingerprint density at radius 3 is 2.32 bits per heavy atom. The monoisotopic (exact) mass is 511 g/mol. The smallest absolute Gasteiger partial charge is 0.258 e.